The fourth-order valence-electron chi connectivity index (χ4n) is 1.55. The van der Waals surface area contributed by atoms with E-state index in [0.29, 0.717) is 6.61 Å². The molecule has 0 aromatic rings. The van der Waals surface area contributed by atoms with Crippen LogP contribution in [0.25, 0.3) is 0 Å². The topological polar surface area (TPSA) is 26.3 Å². The predicted molar refractivity (Wildman–Crippen MR) is 65.4 cm³/mol. The van der Waals surface area contributed by atoms with E-state index >= 15 is 0 Å². The van der Waals surface area contributed by atoms with Crippen molar-refractivity contribution in [2.45, 2.75) is 45.4 Å². The third-order valence-corrected chi connectivity index (χ3v) is 3.65. The van der Waals surface area contributed by atoms with E-state index in [-0.39, 0.29) is 5.97 Å². The second-order valence-corrected chi connectivity index (χ2v) is 4.74. The van der Waals surface area contributed by atoms with Crippen molar-refractivity contribution in [3.63, 3.8) is 0 Å². The molecule has 0 aliphatic carbocycles. The van der Waals surface area contributed by atoms with E-state index in [4.69, 9.17) is 4.74 Å². The summed E-state index contributed by atoms with van der Waals surface area (Å²) in [7, 11) is 0. The van der Waals surface area contributed by atoms with Crippen LogP contribution in [-0.4, -0.2) is 12.6 Å². The highest BCUT2D eigenvalue weighted by atomic mass is 127. The molecular weight excluding hydrogens is 291 g/mol. The van der Waals surface area contributed by atoms with Gasteiger partial charge in [0.05, 0.1) is 0 Å². The summed E-state index contributed by atoms with van der Waals surface area (Å²) in [5, 5.41) is 0. The Labute approximate surface area is 99.2 Å². The van der Waals surface area contributed by atoms with Crippen molar-refractivity contribution < 1.29 is 9.53 Å². The second kappa shape index (κ2) is 6.43. The molecular formula is C11H17IO2. The number of hydrogen-bond donors (Lipinski definition) is 0. The van der Waals surface area contributed by atoms with Gasteiger partial charge in [0.15, 0.2) is 0 Å². The van der Waals surface area contributed by atoms with Gasteiger partial charge >= 0.3 is 5.97 Å². The number of hydrogen-bond acceptors (Lipinski definition) is 2. The van der Waals surface area contributed by atoms with Gasteiger partial charge in [0, 0.05) is 0 Å². The van der Waals surface area contributed by atoms with Gasteiger partial charge in [-0.05, 0) is 41.0 Å². The third kappa shape index (κ3) is 3.59. The minimum Gasteiger partial charge on any atom is -0.457 e. The summed E-state index contributed by atoms with van der Waals surface area (Å²) in [5.74, 6) is -0.130. The molecule has 1 rings (SSSR count). The highest BCUT2D eigenvalue weighted by Gasteiger charge is 2.21. The fraction of sp³-hybridized carbons (Fsp3) is 0.727. The van der Waals surface area contributed by atoms with Crippen LogP contribution in [0.5, 0.6) is 0 Å². The Kier molecular flexibility index (Phi) is 5.52. The minimum absolute atomic E-state index is 0.130. The van der Waals surface area contributed by atoms with E-state index in [2.05, 4.69) is 29.5 Å². The van der Waals surface area contributed by atoms with Crippen LogP contribution < -0.4 is 0 Å². The molecule has 1 aliphatic rings. The number of carbonyl (C=O) groups is 1. The first-order valence-electron chi connectivity index (χ1n) is 5.30. The van der Waals surface area contributed by atoms with Gasteiger partial charge in [0.25, 0.3) is 0 Å². The third-order valence-electron chi connectivity index (χ3n) is 2.45. The first-order valence-corrected chi connectivity index (χ1v) is 6.38. The smallest absolute Gasteiger partial charge is 0.344 e. The number of unbranched alkanes of at least 4 members (excludes halogenated alkanes) is 4. The Morgan fingerprint density at radius 3 is 2.57 bits per heavy atom. The Bertz CT molecular complexity index is 233. The van der Waals surface area contributed by atoms with E-state index in [9.17, 15) is 4.79 Å². The maximum atomic E-state index is 11.0. The molecule has 0 radical (unpaired) electrons. The van der Waals surface area contributed by atoms with E-state index in [1.54, 1.807) is 0 Å². The molecule has 14 heavy (non-hydrogen) atoms. The standard InChI is InChI=1S/C11H17IO2/c1-2-3-4-5-6-7-9-8-14-11(13)10(9)12/h2-8H2,1H3. The number of carbonyl (C=O) groups excluding carboxylic acids is 1. The Morgan fingerprint density at radius 1 is 1.29 bits per heavy atom. The average molecular weight is 308 g/mol. The highest BCUT2D eigenvalue weighted by molar-refractivity contribution is 14.1. The summed E-state index contributed by atoms with van der Waals surface area (Å²) in [4.78, 5) is 11.0. The molecule has 80 valence electrons. The molecule has 2 nitrogen and oxygen atoms in total. The summed E-state index contributed by atoms with van der Waals surface area (Å²) < 4.78 is 5.75. The Hall–Kier alpha value is -0.0600. The van der Waals surface area contributed by atoms with Gasteiger partial charge in [-0.25, -0.2) is 4.79 Å². The summed E-state index contributed by atoms with van der Waals surface area (Å²) in [5.41, 5.74) is 1.20. The van der Waals surface area contributed by atoms with Gasteiger partial charge in [0.2, 0.25) is 0 Å². The van der Waals surface area contributed by atoms with Gasteiger partial charge in [0.1, 0.15) is 10.2 Å². The van der Waals surface area contributed by atoms with Crippen LogP contribution in [0.4, 0.5) is 0 Å². The lowest BCUT2D eigenvalue weighted by Crippen LogP contribution is -1.93. The minimum atomic E-state index is -0.130. The lowest BCUT2D eigenvalue weighted by molar-refractivity contribution is -0.135. The molecule has 1 aliphatic heterocycles. The quantitative estimate of drug-likeness (QED) is 0.426. The van der Waals surface area contributed by atoms with E-state index in [0.717, 1.165) is 10.0 Å². The number of cyclic esters (lactones) is 1. The first kappa shape index (κ1) is 12.0. The van der Waals surface area contributed by atoms with Crippen molar-refractivity contribution in [1.29, 1.82) is 0 Å². The maximum absolute atomic E-state index is 11.0. The zero-order chi connectivity index (χ0) is 10.4. The van der Waals surface area contributed by atoms with Crippen molar-refractivity contribution in [3.05, 3.63) is 9.15 Å². The van der Waals surface area contributed by atoms with Crippen molar-refractivity contribution in [1.82, 2.24) is 0 Å². The molecule has 0 amide bonds. The molecule has 0 aromatic carbocycles. The van der Waals surface area contributed by atoms with Crippen LogP contribution in [0.1, 0.15) is 45.4 Å². The van der Waals surface area contributed by atoms with Crippen LogP contribution >= 0.6 is 22.6 Å². The van der Waals surface area contributed by atoms with Crippen molar-refractivity contribution in [3.8, 4) is 0 Å². The molecule has 0 unspecified atom stereocenters. The zero-order valence-corrected chi connectivity index (χ0v) is 10.8. The molecule has 0 saturated heterocycles. The van der Waals surface area contributed by atoms with Gasteiger partial charge in [-0.1, -0.05) is 32.6 Å². The van der Waals surface area contributed by atoms with Gasteiger partial charge in [-0.3, -0.25) is 0 Å². The van der Waals surface area contributed by atoms with Crippen LogP contribution in [0.15, 0.2) is 9.15 Å². The molecule has 0 saturated carbocycles. The SMILES string of the molecule is CCCCCCCC1=C(I)C(=O)OC1. The number of ether oxygens (including phenoxy) is 1. The number of halogens is 1. The summed E-state index contributed by atoms with van der Waals surface area (Å²) in [6, 6.07) is 0. The monoisotopic (exact) mass is 308 g/mol. The van der Waals surface area contributed by atoms with Crippen LogP contribution in [0.2, 0.25) is 0 Å². The lowest BCUT2D eigenvalue weighted by atomic mass is 10.1. The van der Waals surface area contributed by atoms with E-state index in [1.807, 2.05) is 0 Å². The van der Waals surface area contributed by atoms with Crippen LogP contribution in [-0.2, 0) is 9.53 Å². The van der Waals surface area contributed by atoms with Crippen molar-refractivity contribution in [2.24, 2.45) is 0 Å². The van der Waals surface area contributed by atoms with Crippen molar-refractivity contribution >= 4 is 28.6 Å². The maximum Gasteiger partial charge on any atom is 0.344 e. The summed E-state index contributed by atoms with van der Waals surface area (Å²) >= 11 is 2.09. The molecule has 0 fully saturated rings. The molecule has 0 atom stereocenters. The van der Waals surface area contributed by atoms with Gasteiger partial charge in [-0.2, -0.15) is 0 Å². The summed E-state index contributed by atoms with van der Waals surface area (Å²) in [6.45, 7) is 2.75. The average Bonchev–Trinajstić information content (AvgIpc) is 2.49. The number of rotatable bonds is 6. The number of esters is 1. The molecule has 0 bridgehead atoms. The van der Waals surface area contributed by atoms with E-state index < -0.39 is 0 Å². The lowest BCUT2D eigenvalue weighted by Gasteiger charge is -2.00. The molecule has 0 spiro atoms. The van der Waals surface area contributed by atoms with Crippen molar-refractivity contribution in [2.75, 3.05) is 6.61 Å². The van der Waals surface area contributed by atoms with E-state index in [1.165, 1.54) is 37.7 Å². The first-order chi connectivity index (χ1) is 6.75. The Morgan fingerprint density at radius 2 is 2.00 bits per heavy atom. The fourth-order valence-corrected chi connectivity index (χ4v) is 2.13. The molecule has 0 aromatic heterocycles. The Balaban J connectivity index is 2.16. The normalized spacial score (nSPS) is 16.3. The molecule has 0 N–H and O–H groups in total. The predicted octanol–water partition coefficient (Wildman–Crippen LogP) is 3.59. The van der Waals surface area contributed by atoms with Crippen LogP contribution in [0, 0.1) is 0 Å². The highest BCUT2D eigenvalue weighted by Crippen LogP contribution is 2.26. The van der Waals surface area contributed by atoms with Gasteiger partial charge in [-0.15, -0.1) is 0 Å². The summed E-state index contributed by atoms with van der Waals surface area (Å²) in [6.07, 6.45) is 7.42. The molecule has 1 heterocycles. The van der Waals surface area contributed by atoms with Crippen LogP contribution in [0.3, 0.4) is 0 Å². The largest absolute Gasteiger partial charge is 0.457 e. The second-order valence-electron chi connectivity index (χ2n) is 3.66. The van der Waals surface area contributed by atoms with Gasteiger partial charge < -0.3 is 4.74 Å². The molecule has 3 heteroatoms. The zero-order valence-electron chi connectivity index (χ0n) is 8.64.